The molecule has 0 aliphatic rings. The molecule has 0 atom stereocenters. The highest BCUT2D eigenvalue weighted by Gasteiger charge is 2.06. The molecule has 0 aliphatic carbocycles. The lowest BCUT2D eigenvalue weighted by molar-refractivity contribution is 0.401. The van der Waals surface area contributed by atoms with Gasteiger partial charge in [0, 0.05) is 20.1 Å². The first-order chi connectivity index (χ1) is 8.04. The number of nitrogens with two attached hydrogens (primary N) is 1. The summed E-state index contributed by atoms with van der Waals surface area (Å²) in [6, 6.07) is 3.78. The summed E-state index contributed by atoms with van der Waals surface area (Å²) in [5, 5.41) is 0.637. The van der Waals surface area contributed by atoms with Crippen molar-refractivity contribution in [1.29, 1.82) is 0 Å². The maximum atomic E-state index is 5.98. The van der Waals surface area contributed by atoms with Crippen molar-refractivity contribution in [3.63, 3.8) is 0 Å². The summed E-state index contributed by atoms with van der Waals surface area (Å²) in [5.74, 6) is 0.925. The summed E-state index contributed by atoms with van der Waals surface area (Å²) in [6.45, 7) is 2.41. The molecule has 0 aromatic carbocycles. The van der Waals surface area contributed by atoms with Crippen molar-refractivity contribution in [1.82, 2.24) is 9.88 Å². The zero-order valence-electron chi connectivity index (χ0n) is 10.8. The molecule has 1 aromatic rings. The average Bonchev–Trinajstić information content (AvgIpc) is 2.29. The molecular weight excluding hydrogens is 236 g/mol. The molecule has 0 aliphatic heterocycles. The average molecular weight is 257 g/mol. The molecule has 0 fully saturated rings. The highest BCUT2D eigenvalue weighted by molar-refractivity contribution is 6.31. The minimum Gasteiger partial charge on any atom is -0.360 e. The third kappa shape index (κ3) is 4.50. The van der Waals surface area contributed by atoms with Crippen molar-refractivity contribution < 1.29 is 0 Å². The van der Waals surface area contributed by atoms with E-state index in [1.54, 1.807) is 0 Å². The SMILES string of the molecule is CN(C)CCCN(C)c1ccc(Cl)c(CN)n1. The third-order valence-electron chi connectivity index (χ3n) is 2.59. The van der Waals surface area contributed by atoms with Crippen molar-refractivity contribution in [2.24, 2.45) is 5.73 Å². The first-order valence-electron chi connectivity index (χ1n) is 5.76. The van der Waals surface area contributed by atoms with Gasteiger partial charge in [0.15, 0.2) is 0 Å². The molecule has 1 aromatic heterocycles. The van der Waals surface area contributed by atoms with Crippen LogP contribution in [0.3, 0.4) is 0 Å². The molecule has 1 heterocycles. The fraction of sp³-hybridized carbons (Fsp3) is 0.583. The van der Waals surface area contributed by atoms with E-state index in [0.29, 0.717) is 11.6 Å². The van der Waals surface area contributed by atoms with Crippen molar-refractivity contribution in [3.8, 4) is 0 Å². The van der Waals surface area contributed by atoms with Crippen LogP contribution in [0.1, 0.15) is 12.1 Å². The molecule has 0 radical (unpaired) electrons. The summed E-state index contributed by atoms with van der Waals surface area (Å²) in [6.07, 6.45) is 1.10. The summed E-state index contributed by atoms with van der Waals surface area (Å²) >= 11 is 5.98. The lowest BCUT2D eigenvalue weighted by Crippen LogP contribution is -2.24. The standard InChI is InChI=1S/C12H21ClN4/c1-16(2)7-4-8-17(3)12-6-5-10(13)11(9-14)15-12/h5-6H,4,7-9,14H2,1-3H3. The Balaban J connectivity index is 2.59. The summed E-state index contributed by atoms with van der Waals surface area (Å²) in [7, 11) is 6.19. The van der Waals surface area contributed by atoms with E-state index in [4.69, 9.17) is 17.3 Å². The van der Waals surface area contributed by atoms with Crippen LogP contribution in [0.25, 0.3) is 0 Å². The van der Waals surface area contributed by atoms with Crippen LogP contribution in [0.5, 0.6) is 0 Å². The molecule has 5 heteroatoms. The Labute approximate surface area is 108 Å². The molecule has 0 spiro atoms. The van der Waals surface area contributed by atoms with Crippen LogP contribution in [0.4, 0.5) is 5.82 Å². The minimum absolute atomic E-state index is 0.373. The predicted molar refractivity (Wildman–Crippen MR) is 73.6 cm³/mol. The Morgan fingerprint density at radius 2 is 1.94 bits per heavy atom. The molecule has 17 heavy (non-hydrogen) atoms. The zero-order chi connectivity index (χ0) is 12.8. The van der Waals surface area contributed by atoms with Crippen LogP contribution >= 0.6 is 11.6 Å². The Morgan fingerprint density at radius 1 is 1.24 bits per heavy atom. The van der Waals surface area contributed by atoms with Gasteiger partial charge in [-0.3, -0.25) is 0 Å². The van der Waals surface area contributed by atoms with Gasteiger partial charge in [-0.2, -0.15) is 0 Å². The summed E-state index contributed by atoms with van der Waals surface area (Å²) < 4.78 is 0. The van der Waals surface area contributed by atoms with Gasteiger partial charge < -0.3 is 15.5 Å². The largest absolute Gasteiger partial charge is 0.360 e. The summed E-state index contributed by atoms with van der Waals surface area (Å²) in [4.78, 5) is 8.74. The third-order valence-corrected chi connectivity index (χ3v) is 2.93. The number of nitrogens with zero attached hydrogens (tertiary/aromatic N) is 3. The van der Waals surface area contributed by atoms with Gasteiger partial charge in [-0.05, 0) is 39.2 Å². The monoisotopic (exact) mass is 256 g/mol. The van der Waals surface area contributed by atoms with Gasteiger partial charge in [-0.25, -0.2) is 4.98 Å². The molecule has 96 valence electrons. The van der Waals surface area contributed by atoms with E-state index in [2.05, 4.69) is 28.9 Å². The topological polar surface area (TPSA) is 45.4 Å². The lowest BCUT2D eigenvalue weighted by atomic mass is 10.3. The van der Waals surface area contributed by atoms with Gasteiger partial charge in [-0.1, -0.05) is 11.6 Å². The van der Waals surface area contributed by atoms with E-state index in [1.807, 2.05) is 19.2 Å². The van der Waals surface area contributed by atoms with Crippen LogP contribution in [0.2, 0.25) is 5.02 Å². The fourth-order valence-corrected chi connectivity index (χ4v) is 1.75. The molecule has 0 saturated carbocycles. The number of anilines is 1. The van der Waals surface area contributed by atoms with E-state index in [0.717, 1.165) is 31.0 Å². The number of hydrogen-bond acceptors (Lipinski definition) is 4. The van der Waals surface area contributed by atoms with E-state index in [9.17, 15) is 0 Å². The number of halogens is 1. The number of rotatable bonds is 6. The molecule has 0 amide bonds. The van der Waals surface area contributed by atoms with Crippen LogP contribution in [0.15, 0.2) is 12.1 Å². The van der Waals surface area contributed by atoms with Crippen LogP contribution in [0, 0.1) is 0 Å². The molecule has 0 saturated heterocycles. The van der Waals surface area contributed by atoms with Gasteiger partial charge >= 0.3 is 0 Å². The Morgan fingerprint density at radius 3 is 2.53 bits per heavy atom. The van der Waals surface area contributed by atoms with E-state index < -0.39 is 0 Å². The minimum atomic E-state index is 0.373. The van der Waals surface area contributed by atoms with Crippen LogP contribution < -0.4 is 10.6 Å². The first kappa shape index (κ1) is 14.2. The Hall–Kier alpha value is -0.840. The number of aromatic nitrogens is 1. The van der Waals surface area contributed by atoms with Crippen LogP contribution in [-0.4, -0.2) is 44.1 Å². The van der Waals surface area contributed by atoms with Crippen molar-refractivity contribution in [2.75, 3.05) is 39.1 Å². The molecule has 1 rings (SSSR count). The Kier molecular flexibility index (Phi) is 5.68. The van der Waals surface area contributed by atoms with Gasteiger partial charge in [0.25, 0.3) is 0 Å². The maximum absolute atomic E-state index is 5.98. The highest BCUT2D eigenvalue weighted by Crippen LogP contribution is 2.18. The lowest BCUT2D eigenvalue weighted by Gasteiger charge is -2.20. The second-order valence-corrected chi connectivity index (χ2v) is 4.79. The normalized spacial score (nSPS) is 10.9. The second kappa shape index (κ2) is 6.79. The molecule has 0 unspecified atom stereocenters. The van der Waals surface area contributed by atoms with Crippen molar-refractivity contribution in [2.45, 2.75) is 13.0 Å². The van der Waals surface area contributed by atoms with Crippen LogP contribution in [-0.2, 0) is 6.54 Å². The van der Waals surface area contributed by atoms with Crippen molar-refractivity contribution in [3.05, 3.63) is 22.8 Å². The molecule has 2 N–H and O–H groups in total. The molecular formula is C12H21ClN4. The predicted octanol–water partition coefficient (Wildman–Crippen LogP) is 1.58. The first-order valence-corrected chi connectivity index (χ1v) is 6.13. The van der Waals surface area contributed by atoms with E-state index in [1.165, 1.54) is 0 Å². The van der Waals surface area contributed by atoms with E-state index >= 15 is 0 Å². The highest BCUT2D eigenvalue weighted by atomic mass is 35.5. The van der Waals surface area contributed by atoms with Gasteiger partial charge in [0.05, 0.1) is 10.7 Å². The fourth-order valence-electron chi connectivity index (χ4n) is 1.57. The maximum Gasteiger partial charge on any atom is 0.128 e. The number of pyridine rings is 1. The molecule has 4 nitrogen and oxygen atoms in total. The summed E-state index contributed by atoms with van der Waals surface area (Å²) in [5.41, 5.74) is 6.34. The smallest absolute Gasteiger partial charge is 0.128 e. The van der Waals surface area contributed by atoms with Gasteiger partial charge in [0.1, 0.15) is 5.82 Å². The quantitative estimate of drug-likeness (QED) is 0.840. The van der Waals surface area contributed by atoms with Gasteiger partial charge in [0.2, 0.25) is 0 Å². The van der Waals surface area contributed by atoms with Crippen molar-refractivity contribution >= 4 is 17.4 Å². The van der Waals surface area contributed by atoms with Gasteiger partial charge in [-0.15, -0.1) is 0 Å². The molecule has 0 bridgehead atoms. The van der Waals surface area contributed by atoms with E-state index in [-0.39, 0.29) is 0 Å². The Bertz CT molecular complexity index is 354. The second-order valence-electron chi connectivity index (χ2n) is 4.38. The number of hydrogen-bond donors (Lipinski definition) is 1. The zero-order valence-corrected chi connectivity index (χ0v) is 11.5.